The van der Waals surface area contributed by atoms with Gasteiger partial charge in [-0.2, -0.15) is 0 Å². The molecule has 0 spiro atoms. The molecule has 6 rings (SSSR count). The maximum atomic E-state index is 15.7. The maximum Gasteiger partial charge on any atom is 0.475 e. The van der Waals surface area contributed by atoms with Gasteiger partial charge in [0.25, 0.3) is 5.56 Å². The van der Waals surface area contributed by atoms with Crippen LogP contribution in [0.3, 0.4) is 0 Å². The number of phosphoric acid groups is 1. The number of fused-ring (bicyclic) bond motifs is 4. The van der Waals surface area contributed by atoms with Crippen LogP contribution in [0.4, 0.5) is 10.2 Å². The quantitative estimate of drug-likeness (QED) is 0.317. The van der Waals surface area contributed by atoms with Gasteiger partial charge in [-0.05, 0) is 11.4 Å². The molecule has 6 heterocycles. The van der Waals surface area contributed by atoms with Crippen molar-refractivity contribution < 1.29 is 50.7 Å². The van der Waals surface area contributed by atoms with E-state index in [0.717, 1.165) is 23.9 Å². The van der Waals surface area contributed by atoms with Crippen molar-refractivity contribution in [3.8, 4) is 0 Å². The van der Waals surface area contributed by atoms with Gasteiger partial charge < -0.3 is 24.8 Å². The lowest BCUT2D eigenvalue weighted by molar-refractivity contribution is -0.0640. The van der Waals surface area contributed by atoms with Crippen LogP contribution >= 0.6 is 26.0 Å². The molecular formula is C21H26FN7O12P2S. The Labute approximate surface area is 250 Å². The zero-order chi connectivity index (χ0) is 31.4. The molecule has 44 heavy (non-hydrogen) atoms. The molecule has 19 nitrogen and oxygen atoms in total. The lowest BCUT2D eigenvalue weighted by Gasteiger charge is -2.27. The first-order valence-corrected chi connectivity index (χ1v) is 17.4. The van der Waals surface area contributed by atoms with Crippen LogP contribution in [0.5, 0.6) is 0 Å². The number of alkyl halides is 1. The Balaban J connectivity index is 1.35. The van der Waals surface area contributed by atoms with Gasteiger partial charge in [-0.25, -0.2) is 33.3 Å². The molecule has 3 aromatic heterocycles. The fourth-order valence-corrected chi connectivity index (χ4v) is 8.89. The summed E-state index contributed by atoms with van der Waals surface area (Å²) in [6, 6.07) is 0.988. The number of halogens is 1. The predicted molar refractivity (Wildman–Crippen MR) is 147 cm³/mol. The number of hydrogen-bond acceptors (Lipinski definition) is 16. The second-order valence-electron chi connectivity index (χ2n) is 9.71. The number of anilines is 1. The largest absolute Gasteiger partial charge is 0.475 e. The van der Waals surface area contributed by atoms with Crippen LogP contribution in [0.15, 0.2) is 34.5 Å². The van der Waals surface area contributed by atoms with Crippen molar-refractivity contribution in [1.82, 2.24) is 29.1 Å². The van der Waals surface area contributed by atoms with Gasteiger partial charge in [0.2, 0.25) is 0 Å². The topological polar surface area (TPSA) is 243 Å². The van der Waals surface area contributed by atoms with E-state index in [1.54, 1.807) is 0 Å². The van der Waals surface area contributed by atoms with E-state index in [9.17, 15) is 23.6 Å². The van der Waals surface area contributed by atoms with Gasteiger partial charge >= 0.3 is 20.3 Å². The summed E-state index contributed by atoms with van der Waals surface area (Å²) in [7, 11) is -2.33. The van der Waals surface area contributed by atoms with Gasteiger partial charge in [-0.1, -0.05) is 0 Å². The fourth-order valence-electron chi connectivity index (χ4n) is 5.09. The van der Waals surface area contributed by atoms with Crippen molar-refractivity contribution in [2.24, 2.45) is 0 Å². The number of aromatic nitrogens is 6. The molecule has 0 saturated carbocycles. The Morgan fingerprint density at radius 2 is 1.89 bits per heavy atom. The molecule has 3 saturated heterocycles. The number of nitrogen functional groups attached to an aromatic ring is 1. The molecule has 0 aliphatic carbocycles. The molecule has 240 valence electrons. The first-order chi connectivity index (χ1) is 20.9. The lowest BCUT2D eigenvalue weighted by Crippen LogP contribution is -2.38. The lowest BCUT2D eigenvalue weighted by atomic mass is 10.1. The smallest absolute Gasteiger partial charge is 0.382 e. The number of imidazole rings is 1. The summed E-state index contributed by atoms with van der Waals surface area (Å²) in [6.45, 7) is -5.24. The zero-order valence-electron chi connectivity index (χ0n) is 22.8. The predicted octanol–water partition coefficient (Wildman–Crippen LogP) is 0.495. The number of nitrogens with one attached hydrogen (secondary N) is 1. The number of phosphoric ester groups is 1. The van der Waals surface area contributed by atoms with Crippen LogP contribution in [-0.2, 0) is 41.4 Å². The average Bonchev–Trinajstić information content (AvgIpc) is 3.65. The van der Waals surface area contributed by atoms with Crippen molar-refractivity contribution in [3.05, 3.63) is 45.8 Å². The van der Waals surface area contributed by atoms with Crippen molar-refractivity contribution in [2.75, 3.05) is 32.3 Å². The third kappa shape index (κ3) is 5.78. The summed E-state index contributed by atoms with van der Waals surface area (Å²) >= 11 is 0.352. The highest BCUT2D eigenvalue weighted by molar-refractivity contribution is 8.54. The Bertz CT molecular complexity index is 1760. The summed E-state index contributed by atoms with van der Waals surface area (Å²) in [6.07, 6.45) is -8.01. The number of methoxy groups -OCH3 is 1. The molecule has 3 aliphatic rings. The van der Waals surface area contributed by atoms with E-state index in [2.05, 4.69) is 15.0 Å². The number of rotatable bonds is 4. The van der Waals surface area contributed by atoms with Gasteiger partial charge in [-0.3, -0.25) is 37.0 Å². The summed E-state index contributed by atoms with van der Waals surface area (Å²) in [4.78, 5) is 49.2. The van der Waals surface area contributed by atoms with Gasteiger partial charge in [0.15, 0.2) is 30.1 Å². The number of ether oxygens (including phenoxy) is 3. The highest BCUT2D eigenvalue weighted by Crippen LogP contribution is 2.61. The summed E-state index contributed by atoms with van der Waals surface area (Å²) in [5.74, 6) is -0.369. The summed E-state index contributed by atoms with van der Waals surface area (Å²) in [5.41, 5.74) is 4.73. The minimum Gasteiger partial charge on any atom is -0.382 e. The second-order valence-corrected chi connectivity index (χ2v) is 15.3. The van der Waals surface area contributed by atoms with Crippen molar-refractivity contribution in [3.63, 3.8) is 0 Å². The van der Waals surface area contributed by atoms with Crippen LogP contribution in [0.2, 0.25) is 0 Å². The Kier molecular flexibility index (Phi) is 8.57. The van der Waals surface area contributed by atoms with Crippen LogP contribution in [0.1, 0.15) is 12.5 Å². The average molecular weight is 681 g/mol. The highest BCUT2D eigenvalue weighted by atomic mass is 32.7. The minimum absolute atomic E-state index is 0.0998. The normalized spacial score (nSPS) is 38.1. The standard InChI is InChI=1S/C21H26FN7O12P2S/c1-35-16-14-9(38-20(16)29-8-26-13-17(23)24-7-25-18(13)29)5-37-43(34,36-2)41-15-12(22)10(6-44-42(32,33)40-14)39-19(15)28-4-3-11(30)27-21(28)31/h3-4,7-10,12,14-16,19-20H,5-6H2,1-2H3,(H,32,33)(H2,23,24,25)(H,27,30,31)/t9-,10-,12-,14-,15-,16-,19-,20-,43?/m1/s1. The molecular weight excluding hydrogens is 655 g/mol. The van der Waals surface area contributed by atoms with Crippen molar-refractivity contribution >= 4 is 43.0 Å². The first-order valence-electron chi connectivity index (χ1n) is 12.8. The highest BCUT2D eigenvalue weighted by Gasteiger charge is 2.55. The molecule has 10 atom stereocenters. The molecule has 3 fully saturated rings. The van der Waals surface area contributed by atoms with Gasteiger partial charge in [0.1, 0.15) is 42.4 Å². The van der Waals surface area contributed by atoms with Crippen molar-refractivity contribution in [1.29, 1.82) is 0 Å². The monoisotopic (exact) mass is 681 g/mol. The van der Waals surface area contributed by atoms with Crippen LogP contribution in [-0.4, -0.2) is 97.2 Å². The molecule has 2 unspecified atom stereocenters. The molecule has 2 bridgehead atoms. The molecule has 4 N–H and O–H groups in total. The van der Waals surface area contributed by atoms with Crippen molar-refractivity contribution in [2.45, 2.75) is 49.1 Å². The third-order valence-electron chi connectivity index (χ3n) is 7.14. The van der Waals surface area contributed by atoms with Crippen LogP contribution in [0.25, 0.3) is 11.2 Å². The van der Waals surface area contributed by atoms with Crippen LogP contribution < -0.4 is 17.0 Å². The van der Waals surface area contributed by atoms with E-state index >= 15 is 4.39 Å². The van der Waals surface area contributed by atoms with E-state index in [-0.39, 0.29) is 17.0 Å². The Morgan fingerprint density at radius 3 is 2.61 bits per heavy atom. The minimum atomic E-state index is -4.64. The molecule has 23 heteroatoms. The molecule has 3 aromatic rings. The number of nitrogens with zero attached hydrogens (tertiary/aromatic N) is 5. The third-order valence-corrected chi connectivity index (χ3v) is 11.5. The number of hydrogen-bond donors (Lipinski definition) is 3. The Hall–Kier alpha value is -2.55. The van der Waals surface area contributed by atoms with Crippen LogP contribution in [0, 0.1) is 0 Å². The maximum absolute atomic E-state index is 15.7. The van der Waals surface area contributed by atoms with E-state index in [0.29, 0.717) is 11.4 Å². The van der Waals surface area contributed by atoms with E-state index in [4.69, 9.17) is 38.0 Å². The molecule has 0 amide bonds. The summed E-state index contributed by atoms with van der Waals surface area (Å²) < 4.78 is 84.1. The Morgan fingerprint density at radius 1 is 1.11 bits per heavy atom. The van der Waals surface area contributed by atoms with E-state index < -0.39 is 87.4 Å². The van der Waals surface area contributed by atoms with Gasteiger partial charge in [0.05, 0.1) is 12.9 Å². The SMILES string of the molecule is CO[C@@H]1[C@@H]2OP(=O)(O)SC[C@H]3O[C@@H](n4ccc(=O)[nH]c4=O)[C@H](OP(=O)(OC)OC[C@H]2O[C@H]1n1cnc2c(N)ncnc21)[C@@H]3F. The molecule has 3 aliphatic heterocycles. The van der Waals surface area contributed by atoms with Gasteiger partial charge in [0, 0.05) is 32.2 Å². The summed E-state index contributed by atoms with van der Waals surface area (Å²) in [5, 5.41) is 0. The number of aromatic amines is 1. The molecule has 0 aromatic carbocycles. The van der Waals surface area contributed by atoms with E-state index in [1.807, 2.05) is 4.98 Å². The van der Waals surface area contributed by atoms with Gasteiger partial charge in [-0.15, -0.1) is 0 Å². The molecule has 0 radical (unpaired) electrons. The number of H-pyrrole nitrogens is 1. The van der Waals surface area contributed by atoms with E-state index in [1.165, 1.54) is 24.3 Å². The fraction of sp³-hybridized carbons (Fsp3) is 0.571. The number of nitrogens with two attached hydrogens (primary N) is 1. The second kappa shape index (κ2) is 12.0. The first kappa shape index (κ1) is 31.4. The zero-order valence-corrected chi connectivity index (χ0v) is 25.4.